The second-order valence-electron chi connectivity index (χ2n) is 5.51. The molecule has 2 aromatic rings. The second-order valence-corrected chi connectivity index (χ2v) is 7.14. The molecule has 0 unspecified atom stereocenters. The number of carbonyl (C=O) groups excluding carboxylic acids is 1. The van der Waals surface area contributed by atoms with E-state index in [0.29, 0.717) is 22.4 Å². The van der Waals surface area contributed by atoms with Crippen LogP contribution in [-0.2, 0) is 11.2 Å². The minimum absolute atomic E-state index is 0.0552. The molecule has 0 saturated carbocycles. The van der Waals surface area contributed by atoms with E-state index in [9.17, 15) is 9.90 Å². The van der Waals surface area contributed by atoms with Crippen LogP contribution in [0.15, 0.2) is 52.7 Å². The molecule has 0 aromatic heterocycles. The van der Waals surface area contributed by atoms with Gasteiger partial charge in [-0.15, -0.1) is 5.10 Å². The Morgan fingerprint density at radius 1 is 1.31 bits per heavy atom. The highest BCUT2D eigenvalue weighted by molar-refractivity contribution is 8.15. The lowest BCUT2D eigenvalue weighted by Gasteiger charge is -2.05. The topological polar surface area (TPSA) is 83.3 Å². The first-order valence-electron chi connectivity index (χ1n) is 7.75. The van der Waals surface area contributed by atoms with Crippen molar-refractivity contribution in [3.05, 3.63) is 58.6 Å². The zero-order chi connectivity index (χ0) is 18.5. The third-order valence-corrected chi connectivity index (χ3v) is 4.99. The number of benzene rings is 2. The van der Waals surface area contributed by atoms with E-state index in [0.717, 1.165) is 11.1 Å². The normalized spacial score (nSPS) is 18.5. The van der Waals surface area contributed by atoms with E-state index in [1.807, 2.05) is 12.1 Å². The third-order valence-electron chi connectivity index (χ3n) is 3.67. The monoisotopic (exact) mass is 389 g/mol. The maximum absolute atomic E-state index is 12.1. The molecule has 2 aromatic carbocycles. The number of ether oxygens (including phenoxy) is 1. The van der Waals surface area contributed by atoms with Crippen LogP contribution in [0.3, 0.4) is 0 Å². The molecule has 2 N–H and O–H groups in total. The first-order valence-corrected chi connectivity index (χ1v) is 9.01. The van der Waals surface area contributed by atoms with E-state index in [4.69, 9.17) is 16.3 Å². The summed E-state index contributed by atoms with van der Waals surface area (Å²) < 4.78 is 5.04. The van der Waals surface area contributed by atoms with E-state index in [2.05, 4.69) is 15.5 Å². The van der Waals surface area contributed by atoms with Crippen LogP contribution >= 0.6 is 23.4 Å². The van der Waals surface area contributed by atoms with Crippen molar-refractivity contribution in [2.75, 3.05) is 7.11 Å². The number of thioether (sulfide) groups is 1. The molecule has 0 bridgehead atoms. The quantitative estimate of drug-likeness (QED) is 0.607. The highest BCUT2D eigenvalue weighted by Gasteiger charge is 2.30. The van der Waals surface area contributed by atoms with E-state index < -0.39 is 0 Å². The van der Waals surface area contributed by atoms with Crippen LogP contribution in [0.2, 0.25) is 5.02 Å². The number of hydrogen-bond acceptors (Lipinski definition) is 6. The lowest BCUT2D eigenvalue weighted by Crippen LogP contribution is -2.25. The average molecular weight is 390 g/mol. The number of nitrogens with one attached hydrogen (secondary N) is 1. The summed E-state index contributed by atoms with van der Waals surface area (Å²) >= 11 is 7.22. The van der Waals surface area contributed by atoms with Crippen molar-refractivity contribution in [3.8, 4) is 11.5 Å². The summed E-state index contributed by atoms with van der Waals surface area (Å²) in [5, 5.41) is 21.2. The van der Waals surface area contributed by atoms with E-state index in [-0.39, 0.29) is 16.9 Å². The number of amidine groups is 1. The number of rotatable bonds is 5. The van der Waals surface area contributed by atoms with Crippen molar-refractivity contribution < 1.29 is 14.6 Å². The standard InChI is InChI=1S/C18H16ClN3O3S/c1-25-15-8-12(4-7-14(15)23)10-20-22-18-21-17(24)16(26-18)9-11-2-5-13(19)6-3-11/h2-8,10,16,23H,9H2,1H3,(H,21,22,24)/b20-10-/t16-/m1/s1. The van der Waals surface area contributed by atoms with Gasteiger partial charge in [0.2, 0.25) is 5.91 Å². The molecule has 1 atom stereocenters. The van der Waals surface area contributed by atoms with Crippen molar-refractivity contribution in [2.24, 2.45) is 10.2 Å². The molecular formula is C18H16ClN3O3S. The van der Waals surface area contributed by atoms with Gasteiger partial charge in [-0.25, -0.2) is 0 Å². The zero-order valence-corrected chi connectivity index (χ0v) is 15.4. The van der Waals surface area contributed by atoms with Crippen molar-refractivity contribution in [3.63, 3.8) is 0 Å². The first kappa shape index (κ1) is 18.3. The lowest BCUT2D eigenvalue weighted by molar-refractivity contribution is -0.118. The van der Waals surface area contributed by atoms with Crippen LogP contribution in [0.25, 0.3) is 0 Å². The lowest BCUT2D eigenvalue weighted by atomic mass is 10.1. The van der Waals surface area contributed by atoms with Gasteiger partial charge in [0.05, 0.1) is 18.6 Å². The van der Waals surface area contributed by atoms with Gasteiger partial charge in [0.25, 0.3) is 0 Å². The molecule has 0 radical (unpaired) electrons. The Labute approximate surface area is 159 Å². The fourth-order valence-corrected chi connectivity index (χ4v) is 3.43. The fraction of sp³-hybridized carbons (Fsp3) is 0.167. The first-order chi connectivity index (χ1) is 12.5. The van der Waals surface area contributed by atoms with Crippen molar-refractivity contribution in [2.45, 2.75) is 11.7 Å². The molecule has 6 nitrogen and oxygen atoms in total. The van der Waals surface area contributed by atoms with Crippen LogP contribution in [-0.4, -0.2) is 34.8 Å². The van der Waals surface area contributed by atoms with Gasteiger partial charge in [-0.05, 0) is 47.9 Å². The molecule has 0 aliphatic carbocycles. The minimum atomic E-state index is -0.251. The van der Waals surface area contributed by atoms with Gasteiger partial charge in [0.15, 0.2) is 16.7 Å². The summed E-state index contributed by atoms with van der Waals surface area (Å²) in [6, 6.07) is 12.3. The summed E-state index contributed by atoms with van der Waals surface area (Å²) in [4.78, 5) is 12.1. The highest BCUT2D eigenvalue weighted by Crippen LogP contribution is 2.26. The summed E-state index contributed by atoms with van der Waals surface area (Å²) in [6.07, 6.45) is 2.11. The Kier molecular flexibility index (Phi) is 5.80. The molecule has 0 spiro atoms. The molecule has 26 heavy (non-hydrogen) atoms. The van der Waals surface area contributed by atoms with Crippen LogP contribution in [0.1, 0.15) is 11.1 Å². The van der Waals surface area contributed by atoms with Gasteiger partial charge >= 0.3 is 0 Å². The number of phenols is 1. The number of carbonyl (C=O) groups is 1. The molecule has 134 valence electrons. The van der Waals surface area contributed by atoms with Gasteiger partial charge in [-0.1, -0.05) is 35.5 Å². The number of amides is 1. The Balaban J connectivity index is 1.63. The molecule has 1 aliphatic heterocycles. The van der Waals surface area contributed by atoms with Gasteiger partial charge in [0, 0.05) is 5.02 Å². The second kappa shape index (κ2) is 8.25. The number of methoxy groups -OCH3 is 1. The fourth-order valence-electron chi connectivity index (χ4n) is 2.34. The van der Waals surface area contributed by atoms with Gasteiger partial charge in [-0.3, -0.25) is 4.79 Å². The molecule has 1 heterocycles. The summed E-state index contributed by atoms with van der Waals surface area (Å²) in [7, 11) is 1.47. The molecule has 1 amide bonds. The number of nitrogens with zero attached hydrogens (tertiary/aromatic N) is 2. The van der Waals surface area contributed by atoms with Crippen LogP contribution in [0, 0.1) is 0 Å². The number of halogens is 1. The summed E-state index contributed by atoms with van der Waals surface area (Å²) in [5.41, 5.74) is 1.75. The van der Waals surface area contributed by atoms with Crippen LogP contribution < -0.4 is 10.1 Å². The average Bonchev–Trinajstić information content (AvgIpc) is 2.98. The molecule has 1 fully saturated rings. The van der Waals surface area contributed by atoms with Gasteiger partial charge < -0.3 is 15.2 Å². The van der Waals surface area contributed by atoms with Crippen molar-refractivity contribution in [1.82, 2.24) is 5.32 Å². The smallest absolute Gasteiger partial charge is 0.239 e. The third kappa shape index (κ3) is 4.56. The molecule has 8 heteroatoms. The van der Waals surface area contributed by atoms with E-state index in [1.165, 1.54) is 31.2 Å². The van der Waals surface area contributed by atoms with E-state index >= 15 is 0 Å². The maximum atomic E-state index is 12.1. The van der Waals surface area contributed by atoms with Crippen molar-refractivity contribution in [1.29, 1.82) is 0 Å². The summed E-state index contributed by atoms with van der Waals surface area (Å²) in [5.74, 6) is 0.318. The Hall–Kier alpha value is -2.51. The van der Waals surface area contributed by atoms with Crippen LogP contribution in [0.4, 0.5) is 0 Å². The maximum Gasteiger partial charge on any atom is 0.239 e. The van der Waals surface area contributed by atoms with E-state index in [1.54, 1.807) is 24.3 Å². The van der Waals surface area contributed by atoms with Gasteiger partial charge in [-0.2, -0.15) is 5.10 Å². The Bertz CT molecular complexity index is 868. The number of phenolic OH excluding ortho intramolecular Hbond substituents is 1. The number of aromatic hydroxyl groups is 1. The zero-order valence-electron chi connectivity index (χ0n) is 13.8. The largest absolute Gasteiger partial charge is 0.504 e. The Morgan fingerprint density at radius 3 is 2.81 bits per heavy atom. The predicted octanol–water partition coefficient (Wildman–Crippen LogP) is 3.22. The predicted molar refractivity (Wildman–Crippen MR) is 104 cm³/mol. The molecule has 1 aliphatic rings. The molecular weight excluding hydrogens is 374 g/mol. The SMILES string of the molecule is COc1cc(/C=N\N=C2\NC(=O)[C@@H](Cc3ccc(Cl)cc3)S2)ccc1O. The Morgan fingerprint density at radius 2 is 2.08 bits per heavy atom. The van der Waals surface area contributed by atoms with Gasteiger partial charge in [0.1, 0.15) is 0 Å². The molecule has 1 saturated heterocycles. The minimum Gasteiger partial charge on any atom is -0.504 e. The number of hydrogen-bond donors (Lipinski definition) is 2. The highest BCUT2D eigenvalue weighted by atomic mass is 35.5. The van der Waals surface area contributed by atoms with Crippen molar-refractivity contribution >= 4 is 40.7 Å². The molecule has 3 rings (SSSR count). The summed E-state index contributed by atoms with van der Waals surface area (Å²) in [6.45, 7) is 0. The van der Waals surface area contributed by atoms with Crippen LogP contribution in [0.5, 0.6) is 11.5 Å².